The van der Waals surface area contributed by atoms with Crippen molar-refractivity contribution in [2.45, 2.75) is 24.5 Å². The Hall–Kier alpha value is -4.15. The maximum absolute atomic E-state index is 13.9. The number of fused-ring (bicyclic) bond motifs is 3. The third-order valence-corrected chi connectivity index (χ3v) is 8.30. The van der Waals surface area contributed by atoms with E-state index in [0.29, 0.717) is 5.56 Å². The zero-order valence-electron chi connectivity index (χ0n) is 22.1. The fourth-order valence-electron chi connectivity index (χ4n) is 6.46. The molecule has 39 heavy (non-hydrogen) atoms. The van der Waals surface area contributed by atoms with Gasteiger partial charge in [-0.05, 0) is 67.7 Å². The number of phenols is 1. The minimum atomic E-state index is -2.65. The summed E-state index contributed by atoms with van der Waals surface area (Å²) in [6.45, 7) is 0. The van der Waals surface area contributed by atoms with Crippen LogP contribution in [0.15, 0.2) is 59.1 Å². The Labute approximate surface area is 225 Å². The number of benzene rings is 2. The Morgan fingerprint density at radius 1 is 1.00 bits per heavy atom. The molecule has 0 saturated heterocycles. The average molecular weight is 534 g/mol. The molecule has 10 heteroatoms. The zero-order chi connectivity index (χ0) is 28.5. The van der Waals surface area contributed by atoms with Crippen molar-refractivity contribution in [3.05, 3.63) is 70.2 Å². The standard InChI is InChI=1S/C29H31N3O7/c1-31(2)15-7-5-13(6-8-15)16-9-10-19(33)21-17(16)11-14-12-18-23(32(3)4)25(35)22(28(30)38)27(37)29(18,39)26(36)20(14)24(21)34/h5-10,14,18,23,33,35-36,39H,11-12H2,1-4H3,(H2,30,38)/t14?,18?,23-,29-/m0/s1. The predicted octanol–water partition coefficient (Wildman–Crippen LogP) is 1.85. The number of nitrogens with two attached hydrogens (primary N) is 1. The summed E-state index contributed by atoms with van der Waals surface area (Å²) in [7, 11) is 7.05. The molecule has 0 bridgehead atoms. The van der Waals surface area contributed by atoms with Crippen LogP contribution in [0.4, 0.5) is 5.69 Å². The number of Topliss-reactive ketones (excluding diaryl/α,β-unsaturated/α-hetero) is 2. The summed E-state index contributed by atoms with van der Waals surface area (Å²) in [5.74, 6) is -6.65. The van der Waals surface area contributed by atoms with Gasteiger partial charge in [0.1, 0.15) is 22.8 Å². The monoisotopic (exact) mass is 533 g/mol. The quantitative estimate of drug-likeness (QED) is 0.369. The molecule has 0 spiro atoms. The van der Waals surface area contributed by atoms with Crippen molar-refractivity contribution in [3.63, 3.8) is 0 Å². The highest BCUT2D eigenvalue weighted by Gasteiger charge is 2.63. The van der Waals surface area contributed by atoms with Gasteiger partial charge in [-0.1, -0.05) is 18.2 Å². The van der Waals surface area contributed by atoms with E-state index in [2.05, 4.69) is 0 Å². The largest absolute Gasteiger partial charge is 0.510 e. The summed E-state index contributed by atoms with van der Waals surface area (Å²) in [6.07, 6.45) is 0.272. The van der Waals surface area contributed by atoms with E-state index in [-0.39, 0.29) is 29.7 Å². The molecule has 2 unspecified atom stereocenters. The smallest absolute Gasteiger partial charge is 0.255 e. The van der Waals surface area contributed by atoms with Gasteiger partial charge in [-0.15, -0.1) is 0 Å². The number of rotatable bonds is 4. The lowest BCUT2D eigenvalue weighted by Crippen LogP contribution is -2.63. The van der Waals surface area contributed by atoms with Crippen molar-refractivity contribution in [2.24, 2.45) is 17.6 Å². The molecule has 3 aliphatic carbocycles. The molecule has 4 atom stereocenters. The van der Waals surface area contributed by atoms with E-state index >= 15 is 0 Å². The van der Waals surface area contributed by atoms with Crippen LogP contribution in [0, 0.1) is 11.8 Å². The van der Waals surface area contributed by atoms with Gasteiger partial charge in [-0.25, -0.2) is 0 Å². The number of primary amides is 1. The van der Waals surface area contributed by atoms with Crippen molar-refractivity contribution in [1.29, 1.82) is 0 Å². The molecule has 204 valence electrons. The molecular formula is C29H31N3O7. The first kappa shape index (κ1) is 26.5. The van der Waals surface area contributed by atoms with E-state index in [4.69, 9.17) is 5.73 Å². The Morgan fingerprint density at radius 2 is 1.64 bits per heavy atom. The number of anilines is 1. The maximum atomic E-state index is 13.9. The van der Waals surface area contributed by atoms with Crippen molar-refractivity contribution >= 4 is 23.2 Å². The van der Waals surface area contributed by atoms with Crippen LogP contribution in [0.3, 0.4) is 0 Å². The van der Waals surface area contributed by atoms with Gasteiger partial charge in [-0.2, -0.15) is 0 Å². The molecule has 0 aromatic heterocycles. The number of hydrogen-bond donors (Lipinski definition) is 5. The van der Waals surface area contributed by atoms with Gasteiger partial charge in [-0.3, -0.25) is 19.3 Å². The molecule has 6 N–H and O–H groups in total. The van der Waals surface area contributed by atoms with E-state index in [0.717, 1.165) is 16.8 Å². The molecule has 0 fully saturated rings. The third kappa shape index (κ3) is 3.66. The Kier molecular flexibility index (Phi) is 6.08. The second-order valence-electron chi connectivity index (χ2n) is 10.9. The van der Waals surface area contributed by atoms with Crippen LogP contribution < -0.4 is 10.6 Å². The summed E-state index contributed by atoms with van der Waals surface area (Å²) in [5, 5.41) is 44.7. The summed E-state index contributed by atoms with van der Waals surface area (Å²) < 4.78 is 0. The fourth-order valence-corrected chi connectivity index (χ4v) is 6.46. The van der Waals surface area contributed by atoms with Crippen molar-refractivity contribution in [2.75, 3.05) is 33.1 Å². The molecule has 0 radical (unpaired) electrons. The lowest BCUT2D eigenvalue weighted by molar-refractivity contribution is -0.148. The second-order valence-corrected chi connectivity index (χ2v) is 10.9. The summed E-state index contributed by atoms with van der Waals surface area (Å²) in [4.78, 5) is 42.8. The number of hydrogen-bond acceptors (Lipinski definition) is 9. The highest BCUT2D eigenvalue weighted by Crippen LogP contribution is 2.53. The van der Waals surface area contributed by atoms with Crippen LogP contribution in [0.1, 0.15) is 22.3 Å². The van der Waals surface area contributed by atoms with Crippen LogP contribution >= 0.6 is 0 Å². The van der Waals surface area contributed by atoms with Gasteiger partial charge in [0.25, 0.3) is 5.91 Å². The first-order chi connectivity index (χ1) is 18.3. The molecule has 0 saturated carbocycles. The second kappa shape index (κ2) is 8.96. The molecule has 10 nitrogen and oxygen atoms in total. The lowest BCUT2D eigenvalue weighted by Gasteiger charge is -2.50. The minimum absolute atomic E-state index is 0.00929. The molecule has 5 rings (SSSR count). The lowest BCUT2D eigenvalue weighted by atomic mass is 9.58. The molecule has 2 aromatic rings. The number of amides is 1. The van der Waals surface area contributed by atoms with E-state index in [1.165, 1.54) is 11.0 Å². The number of allylic oxidation sites excluding steroid dienone is 1. The number of aliphatic hydroxyl groups excluding tert-OH is 2. The fraction of sp³-hybridized carbons (Fsp3) is 0.345. The van der Waals surface area contributed by atoms with E-state index in [1.54, 1.807) is 20.2 Å². The first-order valence-corrected chi connectivity index (χ1v) is 12.6. The number of carbonyl (C=O) groups excluding carboxylic acids is 3. The molecule has 1 amide bonds. The van der Waals surface area contributed by atoms with Crippen LogP contribution in [0.2, 0.25) is 0 Å². The Morgan fingerprint density at radius 3 is 2.21 bits per heavy atom. The van der Waals surface area contributed by atoms with Crippen molar-refractivity contribution < 1.29 is 34.8 Å². The highest BCUT2D eigenvalue weighted by molar-refractivity contribution is 6.24. The molecule has 2 aromatic carbocycles. The first-order valence-electron chi connectivity index (χ1n) is 12.6. The number of carbonyl (C=O) groups is 3. The predicted molar refractivity (Wildman–Crippen MR) is 143 cm³/mol. The summed E-state index contributed by atoms with van der Waals surface area (Å²) in [6, 6.07) is 9.84. The number of phenolic OH excluding ortho intramolecular Hbond substituents is 1. The van der Waals surface area contributed by atoms with Gasteiger partial charge in [0, 0.05) is 31.3 Å². The van der Waals surface area contributed by atoms with E-state index in [1.807, 2.05) is 43.3 Å². The normalized spacial score (nSPS) is 26.4. The van der Waals surface area contributed by atoms with Gasteiger partial charge in [0.15, 0.2) is 11.4 Å². The average Bonchev–Trinajstić information content (AvgIpc) is 2.86. The molecule has 0 aliphatic heterocycles. The topological polar surface area (TPSA) is 165 Å². The van der Waals surface area contributed by atoms with E-state index < -0.39 is 58.0 Å². The van der Waals surface area contributed by atoms with Crippen LogP contribution in [0.25, 0.3) is 11.1 Å². The number of nitrogens with zero attached hydrogens (tertiary/aromatic N) is 2. The Bertz CT molecular complexity index is 1490. The zero-order valence-corrected chi connectivity index (χ0v) is 22.1. The van der Waals surface area contributed by atoms with Crippen molar-refractivity contribution in [3.8, 4) is 16.9 Å². The summed E-state index contributed by atoms with van der Waals surface area (Å²) >= 11 is 0. The highest BCUT2D eigenvalue weighted by atomic mass is 16.3. The number of aliphatic hydroxyl groups is 3. The number of ketones is 2. The van der Waals surface area contributed by atoms with Crippen LogP contribution in [-0.2, 0) is 16.0 Å². The molecule has 3 aliphatic rings. The number of aromatic hydroxyl groups is 1. The van der Waals surface area contributed by atoms with E-state index in [9.17, 15) is 34.8 Å². The third-order valence-electron chi connectivity index (χ3n) is 8.30. The molecular weight excluding hydrogens is 502 g/mol. The SMILES string of the molecule is CN(C)c1ccc(-c2ccc(O)c3c2CC2CC4[C@H](N(C)C)C(O)=C(C(N)=O)C(=O)[C@@]4(O)C(O)=C2C3=O)cc1. The van der Waals surface area contributed by atoms with Gasteiger partial charge < -0.3 is 31.1 Å². The maximum Gasteiger partial charge on any atom is 0.255 e. The van der Waals surface area contributed by atoms with Gasteiger partial charge >= 0.3 is 0 Å². The van der Waals surface area contributed by atoms with Gasteiger partial charge in [0.05, 0.1) is 11.6 Å². The van der Waals surface area contributed by atoms with Crippen LogP contribution in [0.5, 0.6) is 5.75 Å². The Balaban J connectivity index is 1.69. The summed E-state index contributed by atoms with van der Waals surface area (Å²) in [5.41, 5.74) is 4.86. The van der Waals surface area contributed by atoms with Gasteiger partial charge in [0.2, 0.25) is 5.78 Å². The van der Waals surface area contributed by atoms with Crippen molar-refractivity contribution in [1.82, 2.24) is 4.90 Å². The van der Waals surface area contributed by atoms with Crippen LogP contribution in [-0.4, -0.2) is 82.6 Å². The molecule has 0 heterocycles. The number of likely N-dealkylation sites (N-methyl/N-ethyl adjacent to an activating group) is 1. The minimum Gasteiger partial charge on any atom is -0.510 e.